The van der Waals surface area contributed by atoms with Crippen LogP contribution in [-0.2, 0) is 6.54 Å². The summed E-state index contributed by atoms with van der Waals surface area (Å²) in [5.74, 6) is 0.432. The Hall–Kier alpha value is -1.77. The van der Waals surface area contributed by atoms with Gasteiger partial charge in [0, 0.05) is 12.1 Å². The summed E-state index contributed by atoms with van der Waals surface area (Å²) in [6.45, 7) is 4.78. The van der Waals surface area contributed by atoms with E-state index in [0.29, 0.717) is 5.76 Å². The molecule has 90 valence electrons. The third-order valence-electron chi connectivity index (χ3n) is 2.91. The fraction of sp³-hybridized carbons (Fsp3) is 0.357. The van der Waals surface area contributed by atoms with E-state index in [1.165, 1.54) is 0 Å². The Kier molecular flexibility index (Phi) is 3.47. The Labute approximate surface area is 101 Å². The minimum Gasteiger partial charge on any atom is -0.407 e. The molecule has 0 atom stereocenters. The quantitative estimate of drug-likeness (QED) is 0.809. The van der Waals surface area contributed by atoms with E-state index in [9.17, 15) is 4.79 Å². The van der Waals surface area contributed by atoms with Crippen LogP contribution < -0.4 is 5.76 Å². The van der Waals surface area contributed by atoms with Crippen molar-refractivity contribution in [2.75, 3.05) is 0 Å². The predicted octanol–water partition coefficient (Wildman–Crippen LogP) is 3.22. The molecule has 0 amide bonds. The molecule has 1 heterocycles. The molecule has 0 spiro atoms. The first-order chi connectivity index (χ1) is 8.24. The van der Waals surface area contributed by atoms with Crippen molar-refractivity contribution in [2.45, 2.75) is 33.2 Å². The molecule has 0 saturated heterocycles. The van der Waals surface area contributed by atoms with Crippen molar-refractivity contribution >= 4 is 0 Å². The van der Waals surface area contributed by atoms with Gasteiger partial charge in [-0.25, -0.2) is 4.79 Å². The first-order valence-electron chi connectivity index (χ1n) is 5.99. The zero-order chi connectivity index (χ0) is 12.3. The predicted molar refractivity (Wildman–Crippen MR) is 68.0 cm³/mol. The summed E-state index contributed by atoms with van der Waals surface area (Å²) in [7, 11) is 0. The third-order valence-corrected chi connectivity index (χ3v) is 2.91. The summed E-state index contributed by atoms with van der Waals surface area (Å²) < 4.78 is 7.05. The molecule has 3 nitrogen and oxygen atoms in total. The summed E-state index contributed by atoms with van der Waals surface area (Å²) in [4.78, 5) is 11.7. The fourth-order valence-corrected chi connectivity index (χ4v) is 1.91. The highest BCUT2D eigenvalue weighted by atomic mass is 16.4. The SMILES string of the molecule is CCCCn1c(C)c(-c2ccccc2)oc1=O. The van der Waals surface area contributed by atoms with Crippen LogP contribution in [-0.4, -0.2) is 4.57 Å². The highest BCUT2D eigenvalue weighted by molar-refractivity contribution is 5.59. The second-order valence-corrected chi connectivity index (χ2v) is 4.15. The molecule has 0 radical (unpaired) electrons. The van der Waals surface area contributed by atoms with Crippen LogP contribution in [0.1, 0.15) is 25.5 Å². The maximum absolute atomic E-state index is 11.7. The van der Waals surface area contributed by atoms with Crippen LogP contribution >= 0.6 is 0 Å². The zero-order valence-corrected chi connectivity index (χ0v) is 10.3. The van der Waals surface area contributed by atoms with Crippen molar-refractivity contribution in [1.82, 2.24) is 4.57 Å². The Morgan fingerprint density at radius 3 is 2.59 bits per heavy atom. The summed E-state index contributed by atoms with van der Waals surface area (Å²) >= 11 is 0. The van der Waals surface area contributed by atoms with Gasteiger partial charge in [0.2, 0.25) is 0 Å². The summed E-state index contributed by atoms with van der Waals surface area (Å²) in [6, 6.07) is 9.74. The minimum atomic E-state index is -0.255. The fourth-order valence-electron chi connectivity index (χ4n) is 1.91. The molecule has 1 aromatic heterocycles. The molecule has 0 fully saturated rings. The Morgan fingerprint density at radius 1 is 1.24 bits per heavy atom. The van der Waals surface area contributed by atoms with Crippen molar-refractivity contribution < 1.29 is 4.42 Å². The van der Waals surface area contributed by atoms with Crippen LogP contribution in [0.4, 0.5) is 0 Å². The van der Waals surface area contributed by atoms with Gasteiger partial charge in [-0.05, 0) is 13.3 Å². The van der Waals surface area contributed by atoms with Gasteiger partial charge in [-0.2, -0.15) is 0 Å². The molecule has 0 aliphatic carbocycles. The maximum atomic E-state index is 11.7. The first-order valence-corrected chi connectivity index (χ1v) is 5.99. The lowest BCUT2D eigenvalue weighted by Gasteiger charge is -2.02. The molecule has 3 heteroatoms. The van der Waals surface area contributed by atoms with Crippen LogP contribution in [0, 0.1) is 6.92 Å². The van der Waals surface area contributed by atoms with Crippen molar-refractivity contribution in [3.05, 3.63) is 46.6 Å². The highest BCUT2D eigenvalue weighted by Crippen LogP contribution is 2.21. The first kappa shape index (κ1) is 11.7. The molecule has 0 aliphatic heterocycles. The lowest BCUT2D eigenvalue weighted by Crippen LogP contribution is -2.15. The number of unbranched alkanes of at least 4 members (excludes halogenated alkanes) is 1. The van der Waals surface area contributed by atoms with Crippen molar-refractivity contribution in [3.8, 4) is 11.3 Å². The monoisotopic (exact) mass is 231 g/mol. The van der Waals surface area contributed by atoms with Crippen LogP contribution in [0.5, 0.6) is 0 Å². The van der Waals surface area contributed by atoms with Crippen LogP contribution in [0.15, 0.2) is 39.5 Å². The average Bonchev–Trinajstić information content (AvgIpc) is 2.64. The van der Waals surface area contributed by atoms with Crippen molar-refractivity contribution in [1.29, 1.82) is 0 Å². The molecule has 2 rings (SSSR count). The molecule has 0 N–H and O–H groups in total. The van der Waals surface area contributed by atoms with Gasteiger partial charge in [0.1, 0.15) is 0 Å². The maximum Gasteiger partial charge on any atom is 0.419 e. The normalized spacial score (nSPS) is 10.7. The van der Waals surface area contributed by atoms with Gasteiger partial charge < -0.3 is 4.42 Å². The molecule has 0 aliphatic rings. The van der Waals surface area contributed by atoms with E-state index in [-0.39, 0.29) is 5.76 Å². The van der Waals surface area contributed by atoms with E-state index in [0.717, 1.165) is 30.6 Å². The molecule has 2 aromatic rings. The van der Waals surface area contributed by atoms with E-state index < -0.39 is 0 Å². The van der Waals surface area contributed by atoms with Gasteiger partial charge >= 0.3 is 5.76 Å². The minimum absolute atomic E-state index is 0.255. The number of benzene rings is 1. The van der Waals surface area contributed by atoms with E-state index in [2.05, 4.69) is 6.92 Å². The number of nitrogens with zero attached hydrogens (tertiary/aromatic N) is 1. The molecule has 1 aromatic carbocycles. The molecule has 0 saturated carbocycles. The Morgan fingerprint density at radius 2 is 1.94 bits per heavy atom. The van der Waals surface area contributed by atoms with Crippen LogP contribution in [0.2, 0.25) is 0 Å². The number of hydrogen-bond donors (Lipinski definition) is 0. The molecular weight excluding hydrogens is 214 g/mol. The Bertz CT molecular complexity index is 537. The molecule has 17 heavy (non-hydrogen) atoms. The van der Waals surface area contributed by atoms with Crippen molar-refractivity contribution in [3.63, 3.8) is 0 Å². The summed E-state index contributed by atoms with van der Waals surface area (Å²) in [5, 5.41) is 0. The number of oxazole rings is 1. The van der Waals surface area contributed by atoms with Crippen molar-refractivity contribution in [2.24, 2.45) is 0 Å². The second-order valence-electron chi connectivity index (χ2n) is 4.15. The number of hydrogen-bond acceptors (Lipinski definition) is 2. The summed E-state index contributed by atoms with van der Waals surface area (Å²) in [5.41, 5.74) is 1.87. The summed E-state index contributed by atoms with van der Waals surface area (Å²) in [6.07, 6.45) is 2.06. The van der Waals surface area contributed by atoms with Crippen LogP contribution in [0.25, 0.3) is 11.3 Å². The molecular formula is C14H17NO2. The van der Waals surface area contributed by atoms with Gasteiger partial charge in [0.05, 0.1) is 5.69 Å². The largest absolute Gasteiger partial charge is 0.419 e. The lowest BCUT2D eigenvalue weighted by atomic mass is 10.1. The highest BCUT2D eigenvalue weighted by Gasteiger charge is 2.13. The van der Waals surface area contributed by atoms with Crippen LogP contribution in [0.3, 0.4) is 0 Å². The van der Waals surface area contributed by atoms with Gasteiger partial charge in [0.15, 0.2) is 5.76 Å². The molecule has 0 bridgehead atoms. The lowest BCUT2D eigenvalue weighted by molar-refractivity contribution is 0.478. The third kappa shape index (κ3) is 2.33. The van der Waals surface area contributed by atoms with E-state index in [4.69, 9.17) is 4.42 Å². The van der Waals surface area contributed by atoms with Gasteiger partial charge in [0.25, 0.3) is 0 Å². The number of rotatable bonds is 4. The van der Waals surface area contributed by atoms with Gasteiger partial charge in [-0.1, -0.05) is 43.7 Å². The van der Waals surface area contributed by atoms with E-state index in [1.54, 1.807) is 4.57 Å². The number of aromatic nitrogens is 1. The Balaban J connectivity index is 2.41. The second kappa shape index (κ2) is 5.04. The average molecular weight is 231 g/mol. The van der Waals surface area contributed by atoms with E-state index >= 15 is 0 Å². The van der Waals surface area contributed by atoms with Gasteiger partial charge in [-0.15, -0.1) is 0 Å². The van der Waals surface area contributed by atoms with E-state index in [1.807, 2.05) is 37.3 Å². The smallest absolute Gasteiger partial charge is 0.407 e. The standard InChI is InChI=1S/C14H17NO2/c1-3-4-10-15-11(2)13(17-14(15)16)12-8-6-5-7-9-12/h5-9H,3-4,10H2,1-2H3. The van der Waals surface area contributed by atoms with Gasteiger partial charge in [-0.3, -0.25) is 4.57 Å². The molecule has 0 unspecified atom stereocenters. The zero-order valence-electron chi connectivity index (χ0n) is 10.3. The topological polar surface area (TPSA) is 35.1 Å².